The molecular weight excluding hydrogens is 182 g/mol. The summed E-state index contributed by atoms with van der Waals surface area (Å²) in [7, 11) is 0. The van der Waals surface area contributed by atoms with E-state index in [2.05, 4.69) is 39.1 Å². The number of aryl methyl sites for hydroxylation is 1. The van der Waals surface area contributed by atoms with Crippen LogP contribution in [-0.2, 0) is 0 Å². The zero-order valence-electron chi connectivity index (χ0n) is 8.61. The van der Waals surface area contributed by atoms with Gasteiger partial charge in [0.2, 0.25) is 0 Å². The number of para-hydroxylation sites is 1. The lowest BCUT2D eigenvalue weighted by Crippen LogP contribution is -2.26. The standard InChI is InChI=1S/C11H16ClN/c1-8-6-5-7-9(12)10(8)13-11(2,3)4/h5-7,13H,1-4H3. The topological polar surface area (TPSA) is 12.0 Å². The van der Waals surface area contributed by atoms with E-state index in [1.54, 1.807) is 0 Å². The van der Waals surface area contributed by atoms with Crippen molar-refractivity contribution in [1.82, 2.24) is 0 Å². The highest BCUT2D eigenvalue weighted by molar-refractivity contribution is 6.33. The molecule has 1 nitrogen and oxygen atoms in total. The Bertz CT molecular complexity index is 279. The van der Waals surface area contributed by atoms with Gasteiger partial charge in [0, 0.05) is 5.54 Å². The van der Waals surface area contributed by atoms with Gasteiger partial charge in [0.1, 0.15) is 0 Å². The molecule has 0 fully saturated rings. The van der Waals surface area contributed by atoms with Crippen molar-refractivity contribution in [2.75, 3.05) is 5.32 Å². The van der Waals surface area contributed by atoms with Crippen LogP contribution in [0.5, 0.6) is 0 Å². The molecule has 13 heavy (non-hydrogen) atoms. The second-order valence-corrected chi connectivity index (χ2v) is 4.71. The van der Waals surface area contributed by atoms with E-state index in [1.165, 1.54) is 5.56 Å². The summed E-state index contributed by atoms with van der Waals surface area (Å²) in [5.41, 5.74) is 2.27. The largest absolute Gasteiger partial charge is 0.379 e. The minimum absolute atomic E-state index is 0.0513. The van der Waals surface area contributed by atoms with Crippen LogP contribution in [0, 0.1) is 6.92 Å². The van der Waals surface area contributed by atoms with E-state index in [4.69, 9.17) is 11.6 Å². The summed E-state index contributed by atoms with van der Waals surface area (Å²) < 4.78 is 0. The average molecular weight is 198 g/mol. The fraction of sp³-hybridized carbons (Fsp3) is 0.455. The maximum absolute atomic E-state index is 6.07. The van der Waals surface area contributed by atoms with E-state index < -0.39 is 0 Å². The third-order valence-electron chi connectivity index (χ3n) is 1.72. The molecule has 0 spiro atoms. The van der Waals surface area contributed by atoms with Gasteiger partial charge in [-0.3, -0.25) is 0 Å². The van der Waals surface area contributed by atoms with Gasteiger partial charge in [-0.25, -0.2) is 0 Å². The molecule has 72 valence electrons. The molecule has 0 amide bonds. The lowest BCUT2D eigenvalue weighted by atomic mass is 10.1. The van der Waals surface area contributed by atoms with E-state index in [-0.39, 0.29) is 5.54 Å². The first-order valence-corrected chi connectivity index (χ1v) is 4.81. The van der Waals surface area contributed by atoms with E-state index in [0.717, 1.165) is 10.7 Å². The number of nitrogens with one attached hydrogen (secondary N) is 1. The normalized spacial score (nSPS) is 11.5. The summed E-state index contributed by atoms with van der Waals surface area (Å²) in [5, 5.41) is 4.17. The fourth-order valence-corrected chi connectivity index (χ4v) is 1.43. The Kier molecular flexibility index (Phi) is 2.87. The fourth-order valence-electron chi connectivity index (χ4n) is 1.17. The van der Waals surface area contributed by atoms with Gasteiger partial charge in [-0.1, -0.05) is 23.7 Å². The SMILES string of the molecule is Cc1cccc(Cl)c1NC(C)(C)C. The summed E-state index contributed by atoms with van der Waals surface area (Å²) in [4.78, 5) is 0. The lowest BCUT2D eigenvalue weighted by Gasteiger charge is -2.24. The number of hydrogen-bond donors (Lipinski definition) is 1. The predicted octanol–water partition coefficient (Wildman–Crippen LogP) is 3.86. The van der Waals surface area contributed by atoms with Gasteiger partial charge >= 0.3 is 0 Å². The Morgan fingerprint density at radius 3 is 2.31 bits per heavy atom. The van der Waals surface area contributed by atoms with Crippen molar-refractivity contribution in [3.63, 3.8) is 0 Å². The monoisotopic (exact) mass is 197 g/mol. The van der Waals surface area contributed by atoms with Gasteiger partial charge in [-0.15, -0.1) is 0 Å². The molecule has 1 aromatic rings. The van der Waals surface area contributed by atoms with E-state index in [0.29, 0.717) is 0 Å². The van der Waals surface area contributed by atoms with Crippen molar-refractivity contribution in [2.24, 2.45) is 0 Å². The van der Waals surface area contributed by atoms with Gasteiger partial charge in [0.25, 0.3) is 0 Å². The predicted molar refractivity (Wildman–Crippen MR) is 59.6 cm³/mol. The molecule has 0 aliphatic heterocycles. The summed E-state index contributed by atoms with van der Waals surface area (Å²) in [6.07, 6.45) is 0. The van der Waals surface area contributed by atoms with Crippen molar-refractivity contribution in [1.29, 1.82) is 0 Å². The first-order chi connectivity index (χ1) is 5.90. The quantitative estimate of drug-likeness (QED) is 0.721. The molecule has 0 unspecified atom stereocenters. The Labute approximate surface area is 85.1 Å². The van der Waals surface area contributed by atoms with Gasteiger partial charge in [-0.2, -0.15) is 0 Å². The highest BCUT2D eigenvalue weighted by Crippen LogP contribution is 2.27. The van der Waals surface area contributed by atoms with Crippen LogP contribution in [-0.4, -0.2) is 5.54 Å². The van der Waals surface area contributed by atoms with Crippen molar-refractivity contribution >= 4 is 17.3 Å². The molecule has 0 saturated carbocycles. The van der Waals surface area contributed by atoms with Gasteiger partial charge in [0.15, 0.2) is 0 Å². The lowest BCUT2D eigenvalue weighted by molar-refractivity contribution is 0.633. The highest BCUT2D eigenvalue weighted by atomic mass is 35.5. The van der Waals surface area contributed by atoms with Gasteiger partial charge in [-0.05, 0) is 39.3 Å². The van der Waals surface area contributed by atoms with Crippen LogP contribution in [0.15, 0.2) is 18.2 Å². The second kappa shape index (κ2) is 3.59. The van der Waals surface area contributed by atoms with Gasteiger partial charge in [0.05, 0.1) is 10.7 Å². The Hall–Kier alpha value is -0.690. The van der Waals surface area contributed by atoms with Crippen LogP contribution in [0.25, 0.3) is 0 Å². The zero-order valence-corrected chi connectivity index (χ0v) is 9.37. The van der Waals surface area contributed by atoms with E-state index in [1.807, 2.05) is 12.1 Å². The van der Waals surface area contributed by atoms with E-state index >= 15 is 0 Å². The summed E-state index contributed by atoms with van der Waals surface area (Å²) in [6.45, 7) is 8.42. The summed E-state index contributed by atoms with van der Waals surface area (Å²) in [6, 6.07) is 5.92. The van der Waals surface area contributed by atoms with Crippen LogP contribution < -0.4 is 5.32 Å². The van der Waals surface area contributed by atoms with Crippen LogP contribution in [0.2, 0.25) is 5.02 Å². The smallest absolute Gasteiger partial charge is 0.0640 e. The van der Waals surface area contributed by atoms with Crippen molar-refractivity contribution in [2.45, 2.75) is 33.2 Å². The molecule has 0 radical (unpaired) electrons. The number of benzene rings is 1. The minimum atomic E-state index is 0.0513. The Morgan fingerprint density at radius 2 is 1.85 bits per heavy atom. The number of anilines is 1. The molecule has 0 bridgehead atoms. The molecule has 0 saturated heterocycles. The van der Waals surface area contributed by atoms with Crippen molar-refractivity contribution in [3.05, 3.63) is 28.8 Å². The Morgan fingerprint density at radius 1 is 1.23 bits per heavy atom. The zero-order chi connectivity index (χ0) is 10.1. The average Bonchev–Trinajstić information content (AvgIpc) is 1.95. The molecule has 0 aromatic heterocycles. The van der Waals surface area contributed by atoms with Gasteiger partial charge < -0.3 is 5.32 Å². The molecule has 1 aromatic carbocycles. The highest BCUT2D eigenvalue weighted by Gasteiger charge is 2.12. The van der Waals surface area contributed by atoms with Crippen LogP contribution in [0.1, 0.15) is 26.3 Å². The van der Waals surface area contributed by atoms with Crippen molar-refractivity contribution in [3.8, 4) is 0 Å². The van der Waals surface area contributed by atoms with Crippen molar-refractivity contribution < 1.29 is 0 Å². The first-order valence-electron chi connectivity index (χ1n) is 4.43. The van der Waals surface area contributed by atoms with Crippen LogP contribution >= 0.6 is 11.6 Å². The summed E-state index contributed by atoms with van der Waals surface area (Å²) >= 11 is 6.07. The summed E-state index contributed by atoms with van der Waals surface area (Å²) in [5.74, 6) is 0. The molecule has 2 heteroatoms. The maximum Gasteiger partial charge on any atom is 0.0640 e. The third kappa shape index (κ3) is 2.92. The number of halogens is 1. The minimum Gasteiger partial charge on any atom is -0.379 e. The first kappa shape index (κ1) is 10.4. The number of hydrogen-bond acceptors (Lipinski definition) is 1. The third-order valence-corrected chi connectivity index (χ3v) is 2.04. The molecule has 0 aliphatic carbocycles. The maximum atomic E-state index is 6.07. The molecule has 0 heterocycles. The molecule has 0 atom stereocenters. The molecule has 1 rings (SSSR count). The molecule has 1 N–H and O–H groups in total. The van der Waals surface area contributed by atoms with Crippen LogP contribution in [0.4, 0.5) is 5.69 Å². The number of rotatable bonds is 1. The van der Waals surface area contributed by atoms with Crippen LogP contribution in [0.3, 0.4) is 0 Å². The Balaban J connectivity index is 3.00. The second-order valence-electron chi connectivity index (χ2n) is 4.31. The van der Waals surface area contributed by atoms with E-state index in [9.17, 15) is 0 Å². The molecule has 0 aliphatic rings. The molecular formula is C11H16ClN.